The van der Waals surface area contributed by atoms with Gasteiger partial charge in [-0.05, 0) is 6.42 Å². The van der Waals surface area contributed by atoms with Crippen molar-refractivity contribution in [3.05, 3.63) is 0 Å². The lowest BCUT2D eigenvalue weighted by Gasteiger charge is -2.11. The minimum absolute atomic E-state index is 0.296. The van der Waals surface area contributed by atoms with Gasteiger partial charge in [-0.25, -0.2) is 0 Å². The van der Waals surface area contributed by atoms with Crippen LogP contribution in [0.2, 0.25) is 0 Å². The number of aliphatic hydroxyl groups is 2. The molecule has 0 saturated carbocycles. The first-order valence-electron chi connectivity index (χ1n) is 3.75. The van der Waals surface area contributed by atoms with Crippen LogP contribution in [0.1, 0.15) is 13.3 Å². The maximum Gasteiger partial charge on any atom is 0.186 e. The highest BCUT2D eigenvalue weighted by molar-refractivity contribution is 4.85. The van der Waals surface area contributed by atoms with Crippen molar-refractivity contribution < 1.29 is 19.7 Å². The van der Waals surface area contributed by atoms with Crippen LogP contribution in [0.15, 0.2) is 0 Å². The van der Waals surface area contributed by atoms with E-state index in [9.17, 15) is 10.2 Å². The fourth-order valence-electron chi connectivity index (χ4n) is 1.25. The number of hydrogen-bond acceptors (Lipinski definition) is 4. The quantitative estimate of drug-likeness (QED) is 0.574. The number of ether oxygens (including phenoxy) is 2. The minimum atomic E-state index is -0.912. The number of methoxy groups -OCH3 is 1. The van der Waals surface area contributed by atoms with Crippen molar-refractivity contribution in [2.24, 2.45) is 0 Å². The SMILES string of the molecule is CC[C@H]1O[C@@H](OC)[C@H](O)[C@H]1O. The Morgan fingerprint density at radius 1 is 1.36 bits per heavy atom. The third-order valence-corrected chi connectivity index (χ3v) is 1.95. The fraction of sp³-hybridized carbons (Fsp3) is 1.00. The molecule has 4 nitrogen and oxygen atoms in total. The number of aliphatic hydroxyl groups excluding tert-OH is 2. The van der Waals surface area contributed by atoms with Crippen LogP contribution >= 0.6 is 0 Å². The van der Waals surface area contributed by atoms with E-state index >= 15 is 0 Å². The van der Waals surface area contributed by atoms with Crippen LogP contribution in [0.4, 0.5) is 0 Å². The lowest BCUT2D eigenvalue weighted by Crippen LogP contribution is -2.32. The molecule has 0 aliphatic carbocycles. The average Bonchev–Trinajstić information content (AvgIpc) is 2.30. The van der Waals surface area contributed by atoms with Crippen LogP contribution in [-0.2, 0) is 9.47 Å². The van der Waals surface area contributed by atoms with Gasteiger partial charge in [0.05, 0.1) is 6.10 Å². The van der Waals surface area contributed by atoms with Crippen molar-refractivity contribution in [2.75, 3.05) is 7.11 Å². The molecule has 0 aromatic heterocycles. The predicted molar refractivity (Wildman–Crippen MR) is 38.0 cm³/mol. The molecule has 0 spiro atoms. The molecule has 1 saturated heterocycles. The average molecular weight is 162 g/mol. The maximum absolute atomic E-state index is 9.30. The van der Waals surface area contributed by atoms with E-state index in [0.29, 0.717) is 6.42 Å². The van der Waals surface area contributed by atoms with Crippen LogP contribution < -0.4 is 0 Å². The second kappa shape index (κ2) is 3.49. The minimum Gasteiger partial charge on any atom is -0.387 e. The van der Waals surface area contributed by atoms with Gasteiger partial charge < -0.3 is 19.7 Å². The van der Waals surface area contributed by atoms with Crippen LogP contribution in [-0.4, -0.2) is 41.9 Å². The molecular formula is C7H14O4. The smallest absolute Gasteiger partial charge is 0.186 e. The first-order valence-corrected chi connectivity index (χ1v) is 3.75. The molecule has 0 aromatic rings. The second-order valence-electron chi connectivity index (χ2n) is 2.67. The molecule has 0 unspecified atom stereocenters. The van der Waals surface area contributed by atoms with E-state index in [1.165, 1.54) is 7.11 Å². The Balaban J connectivity index is 2.53. The fourth-order valence-corrected chi connectivity index (χ4v) is 1.25. The zero-order valence-electron chi connectivity index (χ0n) is 6.73. The highest BCUT2D eigenvalue weighted by atomic mass is 16.7. The van der Waals surface area contributed by atoms with Gasteiger partial charge in [-0.1, -0.05) is 6.92 Å². The zero-order chi connectivity index (χ0) is 8.43. The first kappa shape index (κ1) is 8.93. The van der Waals surface area contributed by atoms with E-state index in [4.69, 9.17) is 9.47 Å². The summed E-state index contributed by atoms with van der Waals surface area (Å²) in [4.78, 5) is 0. The van der Waals surface area contributed by atoms with Crippen molar-refractivity contribution in [1.29, 1.82) is 0 Å². The summed E-state index contributed by atoms with van der Waals surface area (Å²) < 4.78 is 9.96. The molecule has 11 heavy (non-hydrogen) atoms. The Hall–Kier alpha value is -0.160. The van der Waals surface area contributed by atoms with Crippen LogP contribution in [0.5, 0.6) is 0 Å². The molecule has 4 heteroatoms. The van der Waals surface area contributed by atoms with Crippen LogP contribution in [0.25, 0.3) is 0 Å². The largest absolute Gasteiger partial charge is 0.387 e. The molecule has 0 radical (unpaired) electrons. The topological polar surface area (TPSA) is 58.9 Å². The van der Waals surface area contributed by atoms with Gasteiger partial charge in [0.1, 0.15) is 12.2 Å². The van der Waals surface area contributed by atoms with Crippen molar-refractivity contribution in [3.63, 3.8) is 0 Å². The summed E-state index contributed by atoms with van der Waals surface area (Å²) in [5, 5.41) is 18.6. The molecule has 1 aliphatic heterocycles. The number of rotatable bonds is 2. The van der Waals surface area contributed by atoms with Gasteiger partial charge in [0.2, 0.25) is 0 Å². The number of hydrogen-bond donors (Lipinski definition) is 2. The van der Waals surface area contributed by atoms with Gasteiger partial charge in [0, 0.05) is 7.11 Å². The van der Waals surface area contributed by atoms with Gasteiger partial charge in [-0.3, -0.25) is 0 Å². The molecule has 2 N–H and O–H groups in total. The van der Waals surface area contributed by atoms with Gasteiger partial charge in [0.15, 0.2) is 6.29 Å². The Bertz CT molecular complexity index is 110. The maximum atomic E-state index is 9.30. The second-order valence-corrected chi connectivity index (χ2v) is 2.67. The summed E-state index contributed by atoms with van der Waals surface area (Å²) >= 11 is 0. The molecule has 1 heterocycles. The zero-order valence-corrected chi connectivity index (χ0v) is 6.73. The molecule has 1 fully saturated rings. The van der Waals surface area contributed by atoms with E-state index in [1.54, 1.807) is 0 Å². The lowest BCUT2D eigenvalue weighted by atomic mass is 10.1. The summed E-state index contributed by atoms with van der Waals surface area (Å²) in [5.41, 5.74) is 0. The summed E-state index contributed by atoms with van der Waals surface area (Å²) in [7, 11) is 1.44. The summed E-state index contributed by atoms with van der Waals surface area (Å²) in [6.07, 6.45) is -2.02. The first-order chi connectivity index (χ1) is 5.20. The van der Waals surface area contributed by atoms with Crippen molar-refractivity contribution >= 4 is 0 Å². The van der Waals surface area contributed by atoms with E-state index < -0.39 is 18.5 Å². The van der Waals surface area contributed by atoms with Crippen molar-refractivity contribution in [1.82, 2.24) is 0 Å². The molecule has 1 aliphatic rings. The van der Waals surface area contributed by atoms with Crippen molar-refractivity contribution in [2.45, 2.75) is 37.9 Å². The van der Waals surface area contributed by atoms with Gasteiger partial charge in [-0.15, -0.1) is 0 Å². The Labute approximate surface area is 65.7 Å². The van der Waals surface area contributed by atoms with Crippen LogP contribution in [0, 0.1) is 0 Å². The van der Waals surface area contributed by atoms with E-state index in [2.05, 4.69) is 0 Å². The van der Waals surface area contributed by atoms with E-state index in [1.807, 2.05) is 6.92 Å². The van der Waals surface area contributed by atoms with Gasteiger partial charge >= 0.3 is 0 Å². The van der Waals surface area contributed by atoms with Gasteiger partial charge in [0.25, 0.3) is 0 Å². The monoisotopic (exact) mass is 162 g/mol. The molecule has 0 aromatic carbocycles. The van der Waals surface area contributed by atoms with Gasteiger partial charge in [-0.2, -0.15) is 0 Å². The Morgan fingerprint density at radius 2 is 2.00 bits per heavy atom. The normalized spacial score (nSPS) is 44.7. The third-order valence-electron chi connectivity index (χ3n) is 1.95. The summed E-state index contributed by atoms with van der Waals surface area (Å²) in [5.74, 6) is 0. The lowest BCUT2D eigenvalue weighted by molar-refractivity contribution is -0.148. The standard InChI is InChI=1S/C7H14O4/c1-3-4-5(8)6(9)7(10-2)11-4/h4-9H,3H2,1-2H3/t4-,5+,6-,7-/m1/s1. The predicted octanol–water partition coefficient (Wildman–Crippen LogP) is -0.510. The highest BCUT2D eigenvalue weighted by Crippen LogP contribution is 2.23. The molecule has 0 amide bonds. The molecular weight excluding hydrogens is 148 g/mol. The molecule has 4 atom stereocenters. The van der Waals surface area contributed by atoms with Crippen molar-refractivity contribution in [3.8, 4) is 0 Å². The summed E-state index contributed by atoms with van der Waals surface area (Å²) in [6, 6.07) is 0. The summed E-state index contributed by atoms with van der Waals surface area (Å²) in [6.45, 7) is 1.89. The molecule has 1 rings (SSSR count). The van der Waals surface area contributed by atoms with E-state index in [0.717, 1.165) is 0 Å². The molecule has 66 valence electrons. The Morgan fingerprint density at radius 3 is 2.27 bits per heavy atom. The Kier molecular flexibility index (Phi) is 2.84. The van der Waals surface area contributed by atoms with E-state index in [-0.39, 0.29) is 6.10 Å². The molecule has 0 bridgehead atoms. The highest BCUT2D eigenvalue weighted by Gasteiger charge is 2.41. The third kappa shape index (κ3) is 1.54. The van der Waals surface area contributed by atoms with Crippen LogP contribution in [0.3, 0.4) is 0 Å².